The van der Waals surface area contributed by atoms with Gasteiger partial charge in [-0.3, -0.25) is 14.9 Å². The lowest BCUT2D eigenvalue weighted by Gasteiger charge is -2.20. The van der Waals surface area contributed by atoms with Gasteiger partial charge in [0, 0.05) is 17.6 Å². The number of anilines is 1. The average Bonchev–Trinajstić information content (AvgIpc) is 3.65. The van der Waals surface area contributed by atoms with Crippen molar-refractivity contribution in [1.82, 2.24) is 4.90 Å². The summed E-state index contributed by atoms with van der Waals surface area (Å²) in [7, 11) is 0. The van der Waals surface area contributed by atoms with E-state index in [1.807, 2.05) is 24.3 Å². The van der Waals surface area contributed by atoms with Crippen LogP contribution in [0.15, 0.2) is 72.8 Å². The molecule has 1 fully saturated rings. The number of nitrogens with zero attached hydrogens (tertiary/aromatic N) is 1. The number of fused-ring (bicyclic) bond motifs is 3. The number of carboxylic acid groups (broad SMARTS) is 1. The van der Waals surface area contributed by atoms with Gasteiger partial charge in [-0.15, -0.1) is 0 Å². The Morgan fingerprint density at radius 1 is 0.886 bits per heavy atom. The van der Waals surface area contributed by atoms with Crippen LogP contribution in [0.3, 0.4) is 0 Å². The second-order valence-electron chi connectivity index (χ2n) is 8.97. The number of carbonyl (C=O) groups excluding carboxylic acids is 2. The van der Waals surface area contributed by atoms with E-state index >= 15 is 0 Å². The van der Waals surface area contributed by atoms with E-state index in [1.165, 1.54) is 16.0 Å². The molecule has 7 heteroatoms. The standard InChI is InChI=1S/C28H26N2O5/c31-26(30(16-27(32)33)20-13-14-20)15-18-9-11-19(12-10-18)29-28(34)35-17-25-23-7-3-1-5-21(23)22-6-2-4-8-24(22)25/h1-12,20,25H,13-17H2,(H,29,34)(H,32,33). The summed E-state index contributed by atoms with van der Waals surface area (Å²) in [6.07, 6.45) is 1.27. The van der Waals surface area contributed by atoms with E-state index in [4.69, 9.17) is 9.84 Å². The maximum atomic E-state index is 12.6. The van der Waals surface area contributed by atoms with Crippen molar-refractivity contribution in [2.45, 2.75) is 31.2 Å². The number of nitrogens with one attached hydrogen (secondary N) is 1. The zero-order valence-corrected chi connectivity index (χ0v) is 19.1. The molecule has 0 aromatic heterocycles. The van der Waals surface area contributed by atoms with Crippen LogP contribution >= 0.6 is 0 Å². The largest absolute Gasteiger partial charge is 0.480 e. The normalized spacial score (nSPS) is 14.1. The highest BCUT2D eigenvalue weighted by Gasteiger charge is 2.33. The van der Waals surface area contributed by atoms with Crippen LogP contribution in [-0.4, -0.2) is 47.2 Å². The molecule has 0 radical (unpaired) electrons. The summed E-state index contributed by atoms with van der Waals surface area (Å²) < 4.78 is 5.57. The fourth-order valence-corrected chi connectivity index (χ4v) is 4.69. The lowest BCUT2D eigenvalue weighted by atomic mass is 9.98. The van der Waals surface area contributed by atoms with Gasteiger partial charge in [0.25, 0.3) is 0 Å². The molecular formula is C28H26N2O5. The van der Waals surface area contributed by atoms with Crippen LogP contribution in [0.5, 0.6) is 0 Å². The number of rotatable bonds is 8. The molecule has 35 heavy (non-hydrogen) atoms. The number of carbonyl (C=O) groups is 3. The lowest BCUT2D eigenvalue weighted by molar-refractivity contribution is -0.144. The maximum Gasteiger partial charge on any atom is 0.411 e. The molecule has 0 aliphatic heterocycles. The highest BCUT2D eigenvalue weighted by molar-refractivity contribution is 5.86. The molecule has 0 unspecified atom stereocenters. The van der Waals surface area contributed by atoms with Gasteiger partial charge in [-0.25, -0.2) is 4.79 Å². The van der Waals surface area contributed by atoms with Gasteiger partial charge >= 0.3 is 12.1 Å². The molecule has 0 spiro atoms. The molecule has 2 N–H and O–H groups in total. The van der Waals surface area contributed by atoms with Crippen molar-refractivity contribution in [3.05, 3.63) is 89.5 Å². The van der Waals surface area contributed by atoms with Gasteiger partial charge in [0.15, 0.2) is 0 Å². The van der Waals surface area contributed by atoms with Gasteiger partial charge in [-0.05, 0) is 52.8 Å². The molecule has 5 rings (SSSR count). The van der Waals surface area contributed by atoms with Crippen molar-refractivity contribution in [3.8, 4) is 11.1 Å². The van der Waals surface area contributed by atoms with Crippen molar-refractivity contribution < 1.29 is 24.2 Å². The third kappa shape index (κ3) is 5.04. The van der Waals surface area contributed by atoms with E-state index in [1.54, 1.807) is 24.3 Å². The van der Waals surface area contributed by atoms with Crippen LogP contribution in [0.1, 0.15) is 35.4 Å². The van der Waals surface area contributed by atoms with Crippen molar-refractivity contribution in [1.29, 1.82) is 0 Å². The maximum absolute atomic E-state index is 12.6. The van der Waals surface area contributed by atoms with E-state index < -0.39 is 12.1 Å². The van der Waals surface area contributed by atoms with Gasteiger partial charge in [0.05, 0.1) is 6.42 Å². The second kappa shape index (κ2) is 9.62. The first-order valence-electron chi connectivity index (χ1n) is 11.7. The summed E-state index contributed by atoms with van der Waals surface area (Å²) in [5.74, 6) is -1.22. The summed E-state index contributed by atoms with van der Waals surface area (Å²) >= 11 is 0. The number of benzene rings is 3. The lowest BCUT2D eigenvalue weighted by Crippen LogP contribution is -2.38. The summed E-state index contributed by atoms with van der Waals surface area (Å²) in [5.41, 5.74) is 5.96. The molecule has 0 bridgehead atoms. The topological polar surface area (TPSA) is 95.9 Å². The minimum Gasteiger partial charge on any atom is -0.480 e. The van der Waals surface area contributed by atoms with E-state index in [0.29, 0.717) is 5.69 Å². The van der Waals surface area contributed by atoms with Crippen molar-refractivity contribution in [2.24, 2.45) is 0 Å². The molecule has 0 atom stereocenters. The highest BCUT2D eigenvalue weighted by atomic mass is 16.5. The quantitative estimate of drug-likeness (QED) is 0.499. The number of aliphatic carboxylic acids is 1. The molecule has 178 valence electrons. The summed E-state index contributed by atoms with van der Waals surface area (Å²) in [6, 6.07) is 23.3. The zero-order chi connectivity index (χ0) is 24.4. The minimum atomic E-state index is -1.01. The predicted octanol–water partition coefficient (Wildman–Crippen LogP) is 4.67. The molecule has 3 aromatic rings. The Balaban J connectivity index is 1.17. The monoisotopic (exact) mass is 470 g/mol. The van der Waals surface area contributed by atoms with E-state index in [-0.39, 0.29) is 37.4 Å². The van der Waals surface area contributed by atoms with Gasteiger partial charge in [0.2, 0.25) is 5.91 Å². The summed E-state index contributed by atoms with van der Waals surface area (Å²) in [4.78, 5) is 37.5. The third-order valence-electron chi connectivity index (χ3n) is 6.51. The predicted molar refractivity (Wildman–Crippen MR) is 131 cm³/mol. The Bertz CT molecular complexity index is 1220. The Hall–Kier alpha value is -4.13. The Morgan fingerprint density at radius 3 is 2.06 bits per heavy atom. The van der Waals surface area contributed by atoms with E-state index in [9.17, 15) is 14.4 Å². The minimum absolute atomic E-state index is 0.0123. The number of hydrogen-bond acceptors (Lipinski definition) is 4. The average molecular weight is 471 g/mol. The summed E-state index contributed by atoms with van der Waals surface area (Å²) in [6.45, 7) is -0.0437. The van der Waals surface area contributed by atoms with Crippen molar-refractivity contribution in [3.63, 3.8) is 0 Å². The molecule has 2 aliphatic rings. The zero-order valence-electron chi connectivity index (χ0n) is 19.1. The number of amides is 2. The first kappa shape index (κ1) is 22.7. The van der Waals surface area contributed by atoms with Crippen LogP contribution in [0.2, 0.25) is 0 Å². The number of ether oxygens (including phenoxy) is 1. The van der Waals surface area contributed by atoms with Crippen LogP contribution in [0.25, 0.3) is 11.1 Å². The van der Waals surface area contributed by atoms with Gasteiger partial charge in [-0.1, -0.05) is 60.7 Å². The SMILES string of the molecule is O=C(O)CN(C(=O)Cc1ccc(NC(=O)OCC2c3ccccc3-c3ccccc32)cc1)C1CC1. The Kier molecular flexibility index (Phi) is 6.23. The third-order valence-corrected chi connectivity index (χ3v) is 6.51. The molecular weight excluding hydrogens is 444 g/mol. The van der Waals surface area contributed by atoms with Gasteiger partial charge in [0.1, 0.15) is 13.2 Å². The Labute approximate surface area is 203 Å². The summed E-state index contributed by atoms with van der Waals surface area (Å²) in [5, 5.41) is 11.8. The number of hydrogen-bond donors (Lipinski definition) is 2. The smallest absolute Gasteiger partial charge is 0.411 e. The van der Waals surface area contributed by atoms with Gasteiger partial charge < -0.3 is 14.7 Å². The van der Waals surface area contributed by atoms with Gasteiger partial charge in [-0.2, -0.15) is 0 Å². The molecule has 1 saturated carbocycles. The molecule has 0 heterocycles. The number of carboxylic acids is 1. The van der Waals surface area contributed by atoms with Crippen LogP contribution < -0.4 is 5.32 Å². The second-order valence-corrected chi connectivity index (χ2v) is 8.97. The van der Waals surface area contributed by atoms with Crippen LogP contribution in [-0.2, 0) is 20.7 Å². The van der Waals surface area contributed by atoms with E-state index in [0.717, 1.165) is 29.5 Å². The fraction of sp³-hybridized carbons (Fsp3) is 0.250. The Morgan fingerprint density at radius 2 is 1.49 bits per heavy atom. The highest BCUT2D eigenvalue weighted by Crippen LogP contribution is 2.44. The molecule has 7 nitrogen and oxygen atoms in total. The van der Waals surface area contributed by atoms with E-state index in [2.05, 4.69) is 29.6 Å². The van der Waals surface area contributed by atoms with Crippen molar-refractivity contribution >= 4 is 23.7 Å². The fourth-order valence-electron chi connectivity index (χ4n) is 4.69. The molecule has 0 saturated heterocycles. The molecule has 2 aliphatic carbocycles. The van der Waals surface area contributed by atoms with Crippen molar-refractivity contribution in [2.75, 3.05) is 18.5 Å². The first-order valence-corrected chi connectivity index (χ1v) is 11.7. The first-order chi connectivity index (χ1) is 17.0. The van der Waals surface area contributed by atoms with Crippen LogP contribution in [0.4, 0.5) is 10.5 Å². The molecule has 2 amide bonds. The van der Waals surface area contributed by atoms with Crippen LogP contribution in [0, 0.1) is 0 Å². The molecule has 3 aromatic carbocycles.